The second-order valence-corrected chi connectivity index (χ2v) is 7.51. The predicted molar refractivity (Wildman–Crippen MR) is 117 cm³/mol. The van der Waals surface area contributed by atoms with Crippen molar-refractivity contribution in [1.82, 2.24) is 19.6 Å². The van der Waals surface area contributed by atoms with Gasteiger partial charge in [0.25, 0.3) is 5.78 Å². The first-order valence-corrected chi connectivity index (χ1v) is 10.3. The molecule has 2 aromatic heterocycles. The van der Waals surface area contributed by atoms with E-state index in [9.17, 15) is 0 Å². The van der Waals surface area contributed by atoms with Crippen molar-refractivity contribution in [1.29, 1.82) is 0 Å². The molecule has 0 saturated carbocycles. The third kappa shape index (κ3) is 3.91. The number of aryl methyl sites for hydroxylation is 1. The third-order valence-electron chi connectivity index (χ3n) is 4.60. The van der Waals surface area contributed by atoms with E-state index >= 15 is 0 Å². The Balaban J connectivity index is 1.81. The number of nitrogens with zero attached hydrogens (tertiary/aromatic N) is 4. The monoisotopic (exact) mass is 422 g/mol. The fourth-order valence-electron chi connectivity index (χ4n) is 3.19. The minimum absolute atomic E-state index is 0.528. The molecule has 0 amide bonds. The molecule has 0 aliphatic rings. The van der Waals surface area contributed by atoms with Crippen molar-refractivity contribution < 1.29 is 14.2 Å². The average Bonchev–Trinajstić information content (AvgIpc) is 3.19. The second kappa shape index (κ2) is 8.62. The number of hydrogen-bond donors (Lipinski definition) is 0. The second-order valence-electron chi connectivity index (χ2n) is 6.57. The van der Waals surface area contributed by atoms with Crippen molar-refractivity contribution in [2.45, 2.75) is 17.8 Å². The van der Waals surface area contributed by atoms with Crippen LogP contribution in [0.1, 0.15) is 11.3 Å². The van der Waals surface area contributed by atoms with Crippen LogP contribution in [-0.2, 0) is 5.75 Å². The summed E-state index contributed by atoms with van der Waals surface area (Å²) in [6.45, 7) is 1.93. The molecule has 0 spiro atoms. The third-order valence-corrected chi connectivity index (χ3v) is 5.51. The lowest BCUT2D eigenvalue weighted by Gasteiger charge is -2.16. The van der Waals surface area contributed by atoms with Gasteiger partial charge in [0.2, 0.25) is 5.16 Å². The smallest absolute Gasteiger partial charge is 0.253 e. The van der Waals surface area contributed by atoms with Gasteiger partial charge in [-0.2, -0.15) is 9.50 Å². The zero-order chi connectivity index (χ0) is 21.1. The van der Waals surface area contributed by atoms with Crippen LogP contribution in [0.15, 0.2) is 53.7 Å². The number of fused-ring (bicyclic) bond motifs is 1. The Morgan fingerprint density at radius 1 is 0.900 bits per heavy atom. The number of aromatic nitrogens is 4. The van der Waals surface area contributed by atoms with Crippen LogP contribution in [-0.4, -0.2) is 40.9 Å². The summed E-state index contributed by atoms with van der Waals surface area (Å²) in [6.07, 6.45) is 0. The summed E-state index contributed by atoms with van der Waals surface area (Å²) in [5.74, 6) is 3.19. The van der Waals surface area contributed by atoms with Gasteiger partial charge in [-0.3, -0.25) is 0 Å². The molecule has 7 nitrogen and oxygen atoms in total. The van der Waals surface area contributed by atoms with Gasteiger partial charge in [-0.15, -0.1) is 5.10 Å². The van der Waals surface area contributed by atoms with E-state index < -0.39 is 0 Å². The number of ether oxygens (including phenoxy) is 3. The lowest BCUT2D eigenvalue weighted by Crippen LogP contribution is -2.02. The van der Waals surface area contributed by atoms with Crippen LogP contribution in [0.3, 0.4) is 0 Å². The Bertz CT molecular complexity index is 1150. The first kappa shape index (κ1) is 20.0. The quantitative estimate of drug-likeness (QED) is 0.408. The highest BCUT2D eigenvalue weighted by Crippen LogP contribution is 2.42. The molecule has 30 heavy (non-hydrogen) atoms. The molecule has 2 aromatic carbocycles. The molecule has 8 heteroatoms. The Morgan fingerprint density at radius 3 is 2.23 bits per heavy atom. The van der Waals surface area contributed by atoms with E-state index in [4.69, 9.17) is 19.3 Å². The topological polar surface area (TPSA) is 70.8 Å². The average molecular weight is 423 g/mol. The fraction of sp³-hybridized carbons (Fsp3) is 0.227. The summed E-state index contributed by atoms with van der Waals surface area (Å²) in [7, 11) is 4.84. The summed E-state index contributed by atoms with van der Waals surface area (Å²) in [6, 6.07) is 15.8. The molecular weight excluding hydrogens is 400 g/mol. The van der Waals surface area contributed by atoms with Crippen molar-refractivity contribution >= 4 is 17.5 Å². The Hall–Kier alpha value is -3.26. The van der Waals surface area contributed by atoms with E-state index in [2.05, 4.69) is 22.1 Å². The van der Waals surface area contributed by atoms with Gasteiger partial charge in [0.05, 0.1) is 32.6 Å². The fourth-order valence-corrected chi connectivity index (χ4v) is 3.96. The summed E-state index contributed by atoms with van der Waals surface area (Å²) >= 11 is 1.57. The molecule has 0 aliphatic heterocycles. The molecule has 2 heterocycles. The van der Waals surface area contributed by atoms with Crippen molar-refractivity contribution in [3.8, 4) is 28.5 Å². The van der Waals surface area contributed by atoms with Crippen LogP contribution >= 0.6 is 11.8 Å². The molecule has 0 bridgehead atoms. The highest BCUT2D eigenvalue weighted by atomic mass is 32.2. The number of benzene rings is 2. The van der Waals surface area contributed by atoms with E-state index in [0.717, 1.165) is 22.7 Å². The molecular formula is C22H22N4O3S. The van der Waals surface area contributed by atoms with Crippen LogP contribution in [0.5, 0.6) is 17.2 Å². The molecule has 154 valence electrons. The number of rotatable bonds is 7. The maximum Gasteiger partial charge on any atom is 0.253 e. The summed E-state index contributed by atoms with van der Waals surface area (Å²) < 4.78 is 18.4. The molecule has 4 aromatic rings. The first-order valence-electron chi connectivity index (χ1n) is 9.34. The predicted octanol–water partition coefficient (Wildman–Crippen LogP) is 4.42. The zero-order valence-corrected chi connectivity index (χ0v) is 18.1. The minimum Gasteiger partial charge on any atom is -0.496 e. The molecule has 0 atom stereocenters. The van der Waals surface area contributed by atoms with E-state index in [-0.39, 0.29) is 0 Å². The van der Waals surface area contributed by atoms with Gasteiger partial charge in [0, 0.05) is 23.6 Å². The van der Waals surface area contributed by atoms with E-state index in [0.29, 0.717) is 28.2 Å². The Morgan fingerprint density at radius 2 is 1.60 bits per heavy atom. The minimum atomic E-state index is 0.528. The molecule has 0 saturated heterocycles. The van der Waals surface area contributed by atoms with E-state index in [1.807, 2.05) is 43.3 Å². The highest BCUT2D eigenvalue weighted by molar-refractivity contribution is 7.98. The normalized spacial score (nSPS) is 10.9. The van der Waals surface area contributed by atoms with Crippen molar-refractivity contribution in [2.24, 2.45) is 0 Å². The maximum absolute atomic E-state index is 5.64. The van der Waals surface area contributed by atoms with Crippen LogP contribution in [0.25, 0.3) is 17.0 Å². The molecule has 0 radical (unpaired) electrons. The van der Waals surface area contributed by atoms with E-state index in [1.54, 1.807) is 37.6 Å². The van der Waals surface area contributed by atoms with Crippen LogP contribution in [0, 0.1) is 6.92 Å². The van der Waals surface area contributed by atoms with Gasteiger partial charge >= 0.3 is 0 Å². The molecule has 4 rings (SSSR count). The van der Waals surface area contributed by atoms with Gasteiger partial charge in [0.1, 0.15) is 17.2 Å². The highest BCUT2D eigenvalue weighted by Gasteiger charge is 2.20. The first-order chi connectivity index (χ1) is 14.6. The van der Waals surface area contributed by atoms with Gasteiger partial charge in [-0.05, 0) is 18.6 Å². The Kier molecular flexibility index (Phi) is 5.76. The van der Waals surface area contributed by atoms with Crippen molar-refractivity contribution in [3.05, 3.63) is 59.8 Å². The van der Waals surface area contributed by atoms with Crippen LogP contribution in [0.2, 0.25) is 0 Å². The summed E-state index contributed by atoms with van der Waals surface area (Å²) in [4.78, 5) is 9.17. The SMILES string of the molecule is COc1cc(OC)c(-c2cc(C)nc3nc(SCc4ccccc4)nn23)c(OC)c1. The maximum atomic E-state index is 5.64. The standard InChI is InChI=1S/C22H22N4O3S/c1-14-10-17(20-18(28-3)11-16(27-2)12-19(20)29-4)26-21(23-14)24-22(25-26)30-13-15-8-6-5-7-9-15/h5-12H,13H2,1-4H3. The van der Waals surface area contributed by atoms with Gasteiger partial charge in [-0.1, -0.05) is 42.1 Å². The summed E-state index contributed by atoms with van der Waals surface area (Å²) in [5.41, 5.74) is 3.59. The lowest BCUT2D eigenvalue weighted by molar-refractivity contribution is 0.377. The zero-order valence-electron chi connectivity index (χ0n) is 17.2. The molecule has 0 aliphatic carbocycles. The lowest BCUT2D eigenvalue weighted by atomic mass is 10.1. The van der Waals surface area contributed by atoms with Crippen molar-refractivity contribution in [3.63, 3.8) is 0 Å². The number of hydrogen-bond acceptors (Lipinski definition) is 7. The molecule has 0 unspecified atom stereocenters. The van der Waals surface area contributed by atoms with Crippen LogP contribution in [0.4, 0.5) is 0 Å². The van der Waals surface area contributed by atoms with Crippen LogP contribution < -0.4 is 14.2 Å². The largest absolute Gasteiger partial charge is 0.496 e. The van der Waals surface area contributed by atoms with Crippen molar-refractivity contribution in [2.75, 3.05) is 21.3 Å². The van der Waals surface area contributed by atoms with Gasteiger partial charge in [0.15, 0.2) is 0 Å². The number of methoxy groups -OCH3 is 3. The molecule has 0 fully saturated rings. The molecule has 0 N–H and O–H groups in total. The summed E-state index contributed by atoms with van der Waals surface area (Å²) in [5, 5.41) is 5.36. The van der Waals surface area contributed by atoms with Gasteiger partial charge in [-0.25, -0.2) is 4.98 Å². The van der Waals surface area contributed by atoms with E-state index in [1.165, 1.54) is 5.56 Å². The number of thioether (sulfide) groups is 1. The van der Waals surface area contributed by atoms with Gasteiger partial charge < -0.3 is 14.2 Å². The Labute approximate surface area is 179 Å².